The fourth-order valence-electron chi connectivity index (χ4n) is 1.99. The van der Waals surface area contributed by atoms with Gasteiger partial charge in [-0.2, -0.15) is 5.10 Å². The number of aromatic nitrogens is 2. The van der Waals surface area contributed by atoms with Crippen molar-refractivity contribution in [2.24, 2.45) is 0 Å². The van der Waals surface area contributed by atoms with Crippen molar-refractivity contribution >= 4 is 23.2 Å². The first-order valence-electron chi connectivity index (χ1n) is 6.18. The maximum absolute atomic E-state index is 6.03. The summed E-state index contributed by atoms with van der Waals surface area (Å²) >= 11 is 12.0. The van der Waals surface area contributed by atoms with Gasteiger partial charge in [-0.15, -0.1) is 0 Å². The number of aromatic amines is 1. The molecule has 1 heterocycles. The van der Waals surface area contributed by atoms with Crippen molar-refractivity contribution in [2.45, 2.75) is 33.4 Å². The average Bonchev–Trinajstić information content (AvgIpc) is 2.69. The molecule has 1 aromatic carbocycles. The number of hydrogen-bond donors (Lipinski definition) is 2. The van der Waals surface area contributed by atoms with E-state index in [0.29, 0.717) is 10.0 Å². The van der Waals surface area contributed by atoms with Gasteiger partial charge in [0.25, 0.3) is 0 Å². The van der Waals surface area contributed by atoms with Gasteiger partial charge in [0.15, 0.2) is 0 Å². The minimum Gasteiger partial charge on any atom is -0.306 e. The molecule has 5 heteroatoms. The van der Waals surface area contributed by atoms with Gasteiger partial charge in [0.1, 0.15) is 0 Å². The maximum Gasteiger partial charge on any atom is 0.0638 e. The third kappa shape index (κ3) is 3.30. The molecule has 0 aliphatic heterocycles. The maximum atomic E-state index is 6.03. The van der Waals surface area contributed by atoms with Crippen molar-refractivity contribution in [2.75, 3.05) is 0 Å². The average molecular weight is 298 g/mol. The molecule has 0 bridgehead atoms. The highest BCUT2D eigenvalue weighted by Gasteiger charge is 2.10. The monoisotopic (exact) mass is 297 g/mol. The van der Waals surface area contributed by atoms with Crippen LogP contribution in [-0.2, 0) is 6.54 Å². The van der Waals surface area contributed by atoms with E-state index in [1.807, 2.05) is 32.0 Å². The summed E-state index contributed by atoms with van der Waals surface area (Å²) < 4.78 is 0. The highest BCUT2D eigenvalue weighted by molar-refractivity contribution is 6.42. The number of H-pyrrole nitrogens is 1. The van der Waals surface area contributed by atoms with Gasteiger partial charge in [-0.1, -0.05) is 29.3 Å². The van der Waals surface area contributed by atoms with Crippen LogP contribution in [0, 0.1) is 13.8 Å². The molecule has 0 aliphatic carbocycles. The number of benzene rings is 1. The summed E-state index contributed by atoms with van der Waals surface area (Å²) in [6.07, 6.45) is 0. The van der Waals surface area contributed by atoms with Crippen molar-refractivity contribution in [1.29, 1.82) is 0 Å². The molecule has 0 saturated carbocycles. The zero-order valence-electron chi connectivity index (χ0n) is 11.2. The van der Waals surface area contributed by atoms with Crippen LogP contribution in [0.5, 0.6) is 0 Å². The molecule has 0 amide bonds. The SMILES string of the molecule is Cc1n[nH]c(C)c1CNC(C)c1ccc(Cl)c(Cl)c1. The van der Waals surface area contributed by atoms with E-state index in [-0.39, 0.29) is 6.04 Å². The zero-order chi connectivity index (χ0) is 14.0. The molecule has 0 saturated heterocycles. The lowest BCUT2D eigenvalue weighted by atomic mass is 10.1. The van der Waals surface area contributed by atoms with Crippen LogP contribution in [0.2, 0.25) is 10.0 Å². The second-order valence-electron chi connectivity index (χ2n) is 4.69. The molecule has 3 nitrogen and oxygen atoms in total. The van der Waals surface area contributed by atoms with Gasteiger partial charge in [-0.25, -0.2) is 0 Å². The van der Waals surface area contributed by atoms with Crippen molar-refractivity contribution in [3.8, 4) is 0 Å². The fourth-order valence-corrected chi connectivity index (χ4v) is 2.30. The lowest BCUT2D eigenvalue weighted by Crippen LogP contribution is -2.18. The Labute approximate surface area is 123 Å². The predicted octanol–water partition coefficient (Wildman–Crippen LogP) is 4.18. The van der Waals surface area contributed by atoms with Gasteiger partial charge < -0.3 is 5.32 Å². The number of nitrogens with zero attached hydrogens (tertiary/aromatic N) is 1. The minimum absolute atomic E-state index is 0.198. The molecule has 1 unspecified atom stereocenters. The molecule has 2 rings (SSSR count). The van der Waals surface area contributed by atoms with Crippen molar-refractivity contribution in [3.63, 3.8) is 0 Å². The van der Waals surface area contributed by atoms with E-state index in [1.165, 1.54) is 5.56 Å². The molecule has 2 aromatic rings. The lowest BCUT2D eigenvalue weighted by molar-refractivity contribution is 0.572. The lowest BCUT2D eigenvalue weighted by Gasteiger charge is -2.15. The van der Waals surface area contributed by atoms with E-state index in [1.54, 1.807) is 0 Å². The molecular weight excluding hydrogens is 281 g/mol. The number of halogens is 2. The van der Waals surface area contributed by atoms with Gasteiger partial charge in [0.2, 0.25) is 0 Å². The molecular formula is C14H17Cl2N3. The van der Waals surface area contributed by atoms with Crippen LogP contribution in [0.25, 0.3) is 0 Å². The number of nitrogens with one attached hydrogen (secondary N) is 2. The number of aryl methyl sites for hydroxylation is 2. The molecule has 0 spiro atoms. The topological polar surface area (TPSA) is 40.7 Å². The summed E-state index contributed by atoms with van der Waals surface area (Å²) in [5.41, 5.74) is 4.47. The summed E-state index contributed by atoms with van der Waals surface area (Å²) in [6, 6.07) is 5.91. The number of rotatable bonds is 4. The van der Waals surface area contributed by atoms with Gasteiger partial charge in [-0.3, -0.25) is 5.10 Å². The fraction of sp³-hybridized carbons (Fsp3) is 0.357. The van der Waals surface area contributed by atoms with Gasteiger partial charge >= 0.3 is 0 Å². The summed E-state index contributed by atoms with van der Waals surface area (Å²) in [4.78, 5) is 0. The molecule has 1 aromatic heterocycles. The summed E-state index contributed by atoms with van der Waals surface area (Å²) in [6.45, 7) is 6.91. The van der Waals surface area contributed by atoms with Gasteiger partial charge in [0, 0.05) is 23.8 Å². The van der Waals surface area contributed by atoms with E-state index in [0.717, 1.165) is 23.5 Å². The van der Waals surface area contributed by atoms with Crippen LogP contribution in [0.15, 0.2) is 18.2 Å². The third-order valence-electron chi connectivity index (χ3n) is 3.31. The van der Waals surface area contributed by atoms with Crippen LogP contribution >= 0.6 is 23.2 Å². The van der Waals surface area contributed by atoms with Gasteiger partial charge in [-0.05, 0) is 38.5 Å². The molecule has 0 fully saturated rings. The first kappa shape index (κ1) is 14.4. The van der Waals surface area contributed by atoms with Crippen LogP contribution in [0.1, 0.15) is 35.5 Å². The van der Waals surface area contributed by atoms with E-state index >= 15 is 0 Å². The second kappa shape index (κ2) is 5.95. The first-order chi connectivity index (χ1) is 8.99. The highest BCUT2D eigenvalue weighted by Crippen LogP contribution is 2.25. The van der Waals surface area contributed by atoms with E-state index in [4.69, 9.17) is 23.2 Å². The highest BCUT2D eigenvalue weighted by atomic mass is 35.5. The van der Waals surface area contributed by atoms with Crippen LogP contribution < -0.4 is 5.32 Å². The largest absolute Gasteiger partial charge is 0.306 e. The minimum atomic E-state index is 0.198. The molecule has 19 heavy (non-hydrogen) atoms. The Kier molecular flexibility index (Phi) is 4.50. The Bertz CT molecular complexity index is 559. The van der Waals surface area contributed by atoms with Crippen LogP contribution in [0.4, 0.5) is 0 Å². The summed E-state index contributed by atoms with van der Waals surface area (Å²) in [5.74, 6) is 0. The van der Waals surface area contributed by atoms with E-state index in [9.17, 15) is 0 Å². The molecule has 2 N–H and O–H groups in total. The first-order valence-corrected chi connectivity index (χ1v) is 6.93. The Morgan fingerprint density at radius 2 is 2.00 bits per heavy atom. The van der Waals surface area contributed by atoms with Crippen molar-refractivity contribution in [1.82, 2.24) is 15.5 Å². The predicted molar refractivity (Wildman–Crippen MR) is 79.8 cm³/mol. The third-order valence-corrected chi connectivity index (χ3v) is 4.05. The second-order valence-corrected chi connectivity index (χ2v) is 5.50. The Morgan fingerprint density at radius 3 is 2.58 bits per heavy atom. The number of hydrogen-bond acceptors (Lipinski definition) is 2. The Morgan fingerprint density at radius 1 is 1.26 bits per heavy atom. The molecule has 102 valence electrons. The Balaban J connectivity index is 2.05. The zero-order valence-corrected chi connectivity index (χ0v) is 12.7. The van der Waals surface area contributed by atoms with Crippen molar-refractivity contribution < 1.29 is 0 Å². The van der Waals surface area contributed by atoms with Crippen LogP contribution in [-0.4, -0.2) is 10.2 Å². The van der Waals surface area contributed by atoms with Crippen LogP contribution in [0.3, 0.4) is 0 Å². The summed E-state index contributed by atoms with van der Waals surface area (Å²) in [5, 5.41) is 11.8. The molecule has 0 aliphatic rings. The van der Waals surface area contributed by atoms with Crippen molar-refractivity contribution in [3.05, 3.63) is 50.8 Å². The van der Waals surface area contributed by atoms with E-state index in [2.05, 4.69) is 22.4 Å². The smallest absolute Gasteiger partial charge is 0.0638 e. The molecule has 1 atom stereocenters. The standard InChI is InChI=1S/C14H17Cl2N3/c1-8(11-4-5-13(15)14(16)6-11)17-7-12-9(2)18-19-10(12)3/h4-6,8,17H,7H2,1-3H3,(H,18,19). The Hall–Kier alpha value is -1.03. The van der Waals surface area contributed by atoms with E-state index < -0.39 is 0 Å². The van der Waals surface area contributed by atoms with Gasteiger partial charge in [0.05, 0.1) is 15.7 Å². The summed E-state index contributed by atoms with van der Waals surface area (Å²) in [7, 11) is 0. The molecule has 0 radical (unpaired) electrons. The quantitative estimate of drug-likeness (QED) is 0.888. The normalized spacial score (nSPS) is 12.7.